The van der Waals surface area contributed by atoms with Crippen LogP contribution in [0, 0.1) is 5.92 Å². The smallest absolute Gasteiger partial charge is 0.370 e. The molecule has 0 aromatic heterocycles. The molecule has 2 fully saturated rings. The SMILES string of the molecule is O=C(Nc1cc(C(F)(F)F)ccc1N1CCCC1)C1CCN(C(=O)/C=C/c2ccccc2)CC1. The molecule has 180 valence electrons. The van der Waals surface area contributed by atoms with Gasteiger partial charge in [-0.1, -0.05) is 30.3 Å². The number of rotatable bonds is 5. The van der Waals surface area contributed by atoms with E-state index in [1.807, 2.05) is 35.2 Å². The molecule has 4 rings (SSSR count). The van der Waals surface area contributed by atoms with Gasteiger partial charge in [0.15, 0.2) is 0 Å². The van der Waals surface area contributed by atoms with Crippen LogP contribution in [0.3, 0.4) is 0 Å². The molecule has 2 heterocycles. The zero-order valence-corrected chi connectivity index (χ0v) is 18.9. The number of nitrogens with zero attached hydrogens (tertiary/aromatic N) is 2. The molecular formula is C26H28F3N3O2. The van der Waals surface area contributed by atoms with E-state index in [0.29, 0.717) is 31.6 Å². The summed E-state index contributed by atoms with van der Waals surface area (Å²) in [7, 11) is 0. The van der Waals surface area contributed by atoms with Gasteiger partial charge in [-0.2, -0.15) is 13.2 Å². The number of hydrogen-bond acceptors (Lipinski definition) is 3. The highest BCUT2D eigenvalue weighted by atomic mass is 19.4. The Balaban J connectivity index is 1.39. The molecule has 2 aromatic carbocycles. The van der Waals surface area contributed by atoms with Gasteiger partial charge in [-0.25, -0.2) is 0 Å². The summed E-state index contributed by atoms with van der Waals surface area (Å²) in [6.07, 6.45) is 1.68. The van der Waals surface area contributed by atoms with Crippen molar-refractivity contribution in [2.75, 3.05) is 36.4 Å². The summed E-state index contributed by atoms with van der Waals surface area (Å²) in [4.78, 5) is 29.2. The highest BCUT2D eigenvalue weighted by Gasteiger charge is 2.33. The molecule has 2 aliphatic rings. The molecule has 1 N–H and O–H groups in total. The van der Waals surface area contributed by atoms with E-state index in [9.17, 15) is 22.8 Å². The average Bonchev–Trinajstić information content (AvgIpc) is 3.37. The van der Waals surface area contributed by atoms with Gasteiger partial charge in [-0.15, -0.1) is 0 Å². The first kappa shape index (κ1) is 23.9. The lowest BCUT2D eigenvalue weighted by molar-refractivity contribution is -0.137. The van der Waals surface area contributed by atoms with Crippen molar-refractivity contribution >= 4 is 29.3 Å². The highest BCUT2D eigenvalue weighted by molar-refractivity contribution is 5.96. The van der Waals surface area contributed by atoms with Crippen molar-refractivity contribution in [1.29, 1.82) is 0 Å². The zero-order chi connectivity index (χ0) is 24.1. The van der Waals surface area contributed by atoms with Crippen LogP contribution < -0.4 is 10.2 Å². The van der Waals surface area contributed by atoms with E-state index in [1.165, 1.54) is 12.1 Å². The fourth-order valence-electron chi connectivity index (χ4n) is 4.48. The molecule has 0 saturated carbocycles. The number of hydrogen-bond donors (Lipinski definition) is 1. The summed E-state index contributed by atoms with van der Waals surface area (Å²) in [5.41, 5.74) is 0.972. The second kappa shape index (κ2) is 10.3. The number of alkyl halides is 3. The first-order chi connectivity index (χ1) is 16.3. The van der Waals surface area contributed by atoms with E-state index in [0.717, 1.165) is 43.6 Å². The van der Waals surface area contributed by atoms with Crippen molar-refractivity contribution in [3.8, 4) is 0 Å². The van der Waals surface area contributed by atoms with Crippen molar-refractivity contribution in [2.45, 2.75) is 31.9 Å². The zero-order valence-electron chi connectivity index (χ0n) is 18.9. The molecule has 0 spiro atoms. The first-order valence-corrected chi connectivity index (χ1v) is 11.6. The minimum absolute atomic E-state index is 0.114. The Morgan fingerprint density at radius 1 is 0.941 bits per heavy atom. The Bertz CT molecular complexity index is 1040. The summed E-state index contributed by atoms with van der Waals surface area (Å²) >= 11 is 0. The Kier molecular flexibility index (Phi) is 7.24. The molecule has 8 heteroatoms. The summed E-state index contributed by atoms with van der Waals surface area (Å²) < 4.78 is 39.9. The van der Waals surface area contributed by atoms with Crippen molar-refractivity contribution < 1.29 is 22.8 Å². The first-order valence-electron chi connectivity index (χ1n) is 11.6. The van der Waals surface area contributed by atoms with Gasteiger partial charge in [0.2, 0.25) is 11.8 Å². The number of piperidine rings is 1. The maximum atomic E-state index is 13.3. The summed E-state index contributed by atoms with van der Waals surface area (Å²) in [5.74, 6) is -0.772. The number of amides is 2. The molecule has 0 aliphatic carbocycles. The van der Waals surface area contributed by atoms with Crippen LogP contribution in [-0.2, 0) is 15.8 Å². The van der Waals surface area contributed by atoms with E-state index in [2.05, 4.69) is 5.32 Å². The lowest BCUT2D eigenvalue weighted by Crippen LogP contribution is -2.40. The van der Waals surface area contributed by atoms with E-state index >= 15 is 0 Å². The predicted octanol–water partition coefficient (Wildman–Crippen LogP) is 5.20. The molecule has 0 radical (unpaired) electrons. The third-order valence-electron chi connectivity index (χ3n) is 6.42. The molecule has 0 atom stereocenters. The number of likely N-dealkylation sites (tertiary alicyclic amines) is 1. The predicted molar refractivity (Wildman–Crippen MR) is 126 cm³/mol. The standard InChI is InChI=1S/C26H28F3N3O2/c27-26(28,29)21-9-10-23(31-14-4-5-15-31)22(18-21)30-25(34)20-12-16-32(17-13-20)24(33)11-8-19-6-2-1-3-7-19/h1-3,6-11,18,20H,4-5,12-17H2,(H,30,34)/b11-8+. The minimum Gasteiger partial charge on any atom is -0.370 e. The van der Waals surface area contributed by atoms with Crippen molar-refractivity contribution in [1.82, 2.24) is 4.90 Å². The molecule has 2 aliphatic heterocycles. The number of benzene rings is 2. The molecular weight excluding hydrogens is 443 g/mol. The molecule has 2 saturated heterocycles. The van der Waals surface area contributed by atoms with E-state index in [1.54, 1.807) is 11.0 Å². The second-order valence-electron chi connectivity index (χ2n) is 8.76. The van der Waals surface area contributed by atoms with Crippen LogP contribution in [-0.4, -0.2) is 42.9 Å². The topological polar surface area (TPSA) is 52.7 Å². The van der Waals surface area contributed by atoms with Crippen LogP contribution in [0.4, 0.5) is 24.5 Å². The van der Waals surface area contributed by atoms with Crippen LogP contribution in [0.1, 0.15) is 36.8 Å². The number of carbonyl (C=O) groups excluding carboxylic acids is 2. The second-order valence-corrected chi connectivity index (χ2v) is 8.76. The largest absolute Gasteiger partial charge is 0.416 e. The van der Waals surface area contributed by atoms with Gasteiger partial charge in [-0.05, 0) is 55.5 Å². The summed E-state index contributed by atoms with van der Waals surface area (Å²) in [6, 6.07) is 13.1. The fraction of sp³-hybridized carbons (Fsp3) is 0.385. The minimum atomic E-state index is -4.48. The van der Waals surface area contributed by atoms with Crippen LogP contribution >= 0.6 is 0 Å². The van der Waals surface area contributed by atoms with E-state index in [-0.39, 0.29) is 23.4 Å². The van der Waals surface area contributed by atoms with Gasteiger partial charge < -0.3 is 15.1 Å². The lowest BCUT2D eigenvalue weighted by atomic mass is 9.95. The van der Waals surface area contributed by atoms with Crippen LogP contribution in [0.2, 0.25) is 0 Å². The Morgan fingerprint density at radius 2 is 1.62 bits per heavy atom. The monoisotopic (exact) mass is 471 g/mol. The van der Waals surface area contributed by atoms with Gasteiger partial charge >= 0.3 is 6.18 Å². The normalized spacial score (nSPS) is 17.4. The molecule has 2 aromatic rings. The molecule has 0 unspecified atom stereocenters. The van der Waals surface area contributed by atoms with Crippen LogP contribution in [0.15, 0.2) is 54.6 Å². The van der Waals surface area contributed by atoms with Crippen LogP contribution in [0.25, 0.3) is 6.08 Å². The maximum absolute atomic E-state index is 13.3. The molecule has 2 amide bonds. The van der Waals surface area contributed by atoms with Gasteiger partial charge in [0.1, 0.15) is 0 Å². The Hall–Kier alpha value is -3.29. The third kappa shape index (κ3) is 5.79. The Labute approximate surface area is 197 Å². The summed E-state index contributed by atoms with van der Waals surface area (Å²) in [6.45, 7) is 2.37. The van der Waals surface area contributed by atoms with E-state index in [4.69, 9.17) is 0 Å². The van der Waals surface area contributed by atoms with Gasteiger partial charge in [0.25, 0.3) is 0 Å². The number of halogens is 3. The average molecular weight is 472 g/mol. The van der Waals surface area contributed by atoms with Crippen molar-refractivity contribution in [3.63, 3.8) is 0 Å². The number of anilines is 2. The summed E-state index contributed by atoms with van der Waals surface area (Å²) in [5, 5.41) is 2.76. The molecule has 34 heavy (non-hydrogen) atoms. The Morgan fingerprint density at radius 3 is 2.26 bits per heavy atom. The van der Waals surface area contributed by atoms with Gasteiger partial charge in [0, 0.05) is 38.2 Å². The van der Waals surface area contributed by atoms with Gasteiger partial charge in [0.05, 0.1) is 16.9 Å². The maximum Gasteiger partial charge on any atom is 0.416 e. The molecule has 0 bridgehead atoms. The quantitative estimate of drug-likeness (QED) is 0.611. The third-order valence-corrected chi connectivity index (χ3v) is 6.42. The van der Waals surface area contributed by atoms with Gasteiger partial charge in [-0.3, -0.25) is 9.59 Å². The van der Waals surface area contributed by atoms with Crippen molar-refractivity contribution in [3.05, 3.63) is 65.7 Å². The van der Waals surface area contributed by atoms with E-state index < -0.39 is 11.7 Å². The van der Waals surface area contributed by atoms with Crippen LogP contribution in [0.5, 0.6) is 0 Å². The number of nitrogens with one attached hydrogen (secondary N) is 1. The number of carbonyl (C=O) groups is 2. The fourth-order valence-corrected chi connectivity index (χ4v) is 4.48. The lowest BCUT2D eigenvalue weighted by Gasteiger charge is -2.31. The highest BCUT2D eigenvalue weighted by Crippen LogP contribution is 2.37. The molecule has 5 nitrogen and oxygen atoms in total. The van der Waals surface area contributed by atoms with Crippen molar-refractivity contribution in [2.24, 2.45) is 5.92 Å².